The number of likely N-dealkylation sites (tertiary alicyclic amines) is 1. The molecule has 0 aromatic rings. The van der Waals surface area contributed by atoms with E-state index in [1.807, 2.05) is 27.7 Å². The van der Waals surface area contributed by atoms with E-state index < -0.39 is 5.60 Å². The van der Waals surface area contributed by atoms with Crippen LogP contribution in [0.25, 0.3) is 0 Å². The molecule has 0 aliphatic carbocycles. The Morgan fingerprint density at radius 3 is 2.43 bits per heavy atom. The zero-order chi connectivity index (χ0) is 17.5. The van der Waals surface area contributed by atoms with E-state index in [4.69, 9.17) is 4.74 Å². The van der Waals surface area contributed by atoms with Gasteiger partial charge in [0.25, 0.3) is 0 Å². The van der Waals surface area contributed by atoms with Crippen molar-refractivity contribution < 1.29 is 14.3 Å². The lowest BCUT2D eigenvalue weighted by atomic mass is 10.1. The molecule has 8 nitrogen and oxygen atoms in total. The van der Waals surface area contributed by atoms with Crippen molar-refractivity contribution in [3.8, 4) is 0 Å². The minimum atomic E-state index is -0.476. The first kappa shape index (κ1) is 19.1. The maximum absolute atomic E-state index is 11.9. The van der Waals surface area contributed by atoms with Crippen molar-refractivity contribution in [2.24, 2.45) is 4.99 Å². The smallest absolute Gasteiger partial charge is 0.410 e. The van der Waals surface area contributed by atoms with Crippen molar-refractivity contribution in [1.29, 1.82) is 0 Å². The number of aliphatic imine (C=N–C) groups is 1. The summed E-state index contributed by atoms with van der Waals surface area (Å²) in [6, 6.07) is 0.154. The topological polar surface area (TPSA) is 95.1 Å². The number of ether oxygens (including phenoxy) is 1. The first-order valence-electron chi connectivity index (χ1n) is 7.98. The molecule has 0 spiro atoms. The van der Waals surface area contributed by atoms with Gasteiger partial charge in [0.05, 0.1) is 12.6 Å². The zero-order valence-corrected chi connectivity index (χ0v) is 14.7. The minimum Gasteiger partial charge on any atom is -0.444 e. The highest BCUT2D eigenvalue weighted by Crippen LogP contribution is 2.15. The highest BCUT2D eigenvalue weighted by Gasteiger charge is 2.34. The molecule has 1 saturated heterocycles. The summed E-state index contributed by atoms with van der Waals surface area (Å²) in [6.45, 7) is 11.9. The quantitative estimate of drug-likeness (QED) is 0.383. The van der Waals surface area contributed by atoms with E-state index in [1.54, 1.807) is 4.90 Å². The van der Waals surface area contributed by atoms with Gasteiger partial charge in [-0.3, -0.25) is 9.79 Å². The summed E-state index contributed by atoms with van der Waals surface area (Å²) in [5.41, 5.74) is -0.476. The lowest BCUT2D eigenvalue weighted by Crippen LogP contribution is -2.63. The van der Waals surface area contributed by atoms with E-state index in [-0.39, 0.29) is 18.0 Å². The van der Waals surface area contributed by atoms with Crippen molar-refractivity contribution in [3.63, 3.8) is 0 Å². The molecule has 2 amide bonds. The maximum atomic E-state index is 11.9. The van der Waals surface area contributed by atoms with Crippen LogP contribution < -0.4 is 16.0 Å². The van der Waals surface area contributed by atoms with E-state index in [1.165, 1.54) is 6.92 Å². The molecule has 132 valence electrons. The van der Waals surface area contributed by atoms with Crippen LogP contribution in [-0.4, -0.2) is 67.2 Å². The van der Waals surface area contributed by atoms with Crippen LogP contribution >= 0.6 is 0 Å². The summed E-state index contributed by atoms with van der Waals surface area (Å²) >= 11 is 0. The van der Waals surface area contributed by atoms with Crippen LogP contribution in [0.5, 0.6) is 0 Å². The number of nitrogens with zero attached hydrogens (tertiary/aromatic N) is 2. The van der Waals surface area contributed by atoms with Crippen LogP contribution in [0, 0.1) is 0 Å². The van der Waals surface area contributed by atoms with Gasteiger partial charge in [0.15, 0.2) is 5.96 Å². The number of hydrogen-bond donors (Lipinski definition) is 3. The van der Waals surface area contributed by atoms with Crippen molar-refractivity contribution in [2.75, 3.05) is 32.7 Å². The third-order valence-electron chi connectivity index (χ3n) is 2.97. The maximum Gasteiger partial charge on any atom is 0.410 e. The third kappa shape index (κ3) is 7.71. The van der Waals surface area contributed by atoms with Crippen molar-refractivity contribution in [3.05, 3.63) is 0 Å². The number of guanidine groups is 1. The van der Waals surface area contributed by atoms with E-state index in [0.717, 1.165) is 6.54 Å². The summed E-state index contributed by atoms with van der Waals surface area (Å²) in [4.78, 5) is 28.7. The second-order valence-electron chi connectivity index (χ2n) is 6.47. The minimum absolute atomic E-state index is 0.0647. The Morgan fingerprint density at radius 2 is 1.91 bits per heavy atom. The molecule has 3 N–H and O–H groups in total. The summed E-state index contributed by atoms with van der Waals surface area (Å²) < 4.78 is 5.32. The molecule has 0 radical (unpaired) electrons. The molecule has 0 bridgehead atoms. The second-order valence-corrected chi connectivity index (χ2v) is 6.47. The predicted octanol–water partition coefficient (Wildman–Crippen LogP) is 0.297. The molecule has 0 aromatic heterocycles. The van der Waals surface area contributed by atoms with Crippen LogP contribution in [0.1, 0.15) is 34.6 Å². The molecule has 1 aliphatic heterocycles. The van der Waals surface area contributed by atoms with E-state index in [9.17, 15) is 9.59 Å². The van der Waals surface area contributed by atoms with Crippen LogP contribution in [0.2, 0.25) is 0 Å². The SMILES string of the molecule is CCNC(=NCCNC(C)=O)NC1CN(C(=O)OC(C)(C)C)C1. The van der Waals surface area contributed by atoms with E-state index in [0.29, 0.717) is 32.1 Å². The van der Waals surface area contributed by atoms with Gasteiger partial charge in [-0.2, -0.15) is 0 Å². The largest absolute Gasteiger partial charge is 0.444 e. The van der Waals surface area contributed by atoms with Gasteiger partial charge < -0.3 is 25.6 Å². The molecule has 0 unspecified atom stereocenters. The fourth-order valence-corrected chi connectivity index (χ4v) is 1.96. The Kier molecular flexibility index (Phi) is 7.12. The monoisotopic (exact) mass is 327 g/mol. The Hall–Kier alpha value is -1.99. The molecular weight excluding hydrogens is 298 g/mol. The zero-order valence-electron chi connectivity index (χ0n) is 14.7. The fraction of sp³-hybridized carbons (Fsp3) is 0.800. The lowest BCUT2D eigenvalue weighted by Gasteiger charge is -2.40. The van der Waals surface area contributed by atoms with Crippen LogP contribution in [0.15, 0.2) is 4.99 Å². The van der Waals surface area contributed by atoms with Gasteiger partial charge in [-0.15, -0.1) is 0 Å². The average Bonchev–Trinajstić information content (AvgIpc) is 2.35. The van der Waals surface area contributed by atoms with Gasteiger partial charge in [-0.25, -0.2) is 4.79 Å². The Morgan fingerprint density at radius 1 is 1.26 bits per heavy atom. The number of nitrogens with one attached hydrogen (secondary N) is 3. The first-order valence-corrected chi connectivity index (χ1v) is 7.98. The summed E-state index contributed by atoms with van der Waals surface area (Å²) in [5.74, 6) is 0.622. The summed E-state index contributed by atoms with van der Waals surface area (Å²) in [5, 5.41) is 9.11. The van der Waals surface area contributed by atoms with E-state index in [2.05, 4.69) is 20.9 Å². The van der Waals surface area contributed by atoms with Gasteiger partial charge in [0, 0.05) is 33.1 Å². The van der Waals surface area contributed by atoms with Gasteiger partial charge >= 0.3 is 6.09 Å². The predicted molar refractivity (Wildman–Crippen MR) is 89.4 cm³/mol. The molecule has 1 aliphatic rings. The molecule has 0 aromatic carbocycles. The van der Waals surface area contributed by atoms with Crippen molar-refractivity contribution in [2.45, 2.75) is 46.3 Å². The number of hydrogen-bond acceptors (Lipinski definition) is 4. The Balaban J connectivity index is 2.35. The molecule has 0 saturated carbocycles. The summed E-state index contributed by atoms with van der Waals surface area (Å²) in [6.07, 6.45) is -0.289. The van der Waals surface area contributed by atoms with Crippen LogP contribution in [0.3, 0.4) is 0 Å². The van der Waals surface area contributed by atoms with Gasteiger partial charge in [-0.1, -0.05) is 0 Å². The Bertz CT molecular complexity index is 439. The normalized spacial score (nSPS) is 15.7. The fourth-order valence-electron chi connectivity index (χ4n) is 1.96. The number of amides is 2. The third-order valence-corrected chi connectivity index (χ3v) is 2.97. The van der Waals surface area contributed by atoms with Gasteiger partial charge in [-0.05, 0) is 27.7 Å². The number of carbonyl (C=O) groups is 2. The van der Waals surface area contributed by atoms with E-state index >= 15 is 0 Å². The molecule has 1 rings (SSSR count). The molecule has 23 heavy (non-hydrogen) atoms. The molecule has 8 heteroatoms. The molecular formula is C15H29N5O3. The molecule has 0 atom stereocenters. The number of rotatable bonds is 5. The van der Waals surface area contributed by atoms with Gasteiger partial charge in [0.2, 0.25) is 5.91 Å². The second kappa shape index (κ2) is 8.59. The van der Waals surface area contributed by atoms with Crippen molar-refractivity contribution >= 4 is 18.0 Å². The van der Waals surface area contributed by atoms with Crippen LogP contribution in [-0.2, 0) is 9.53 Å². The number of carbonyl (C=O) groups excluding carboxylic acids is 2. The molecule has 1 heterocycles. The Labute approximate surface area is 138 Å². The van der Waals surface area contributed by atoms with Gasteiger partial charge in [0.1, 0.15) is 5.60 Å². The highest BCUT2D eigenvalue weighted by molar-refractivity contribution is 5.80. The molecule has 1 fully saturated rings. The first-order chi connectivity index (χ1) is 10.7. The summed E-state index contributed by atoms with van der Waals surface area (Å²) in [7, 11) is 0. The lowest BCUT2D eigenvalue weighted by molar-refractivity contribution is -0.118. The highest BCUT2D eigenvalue weighted by atomic mass is 16.6. The van der Waals surface area contributed by atoms with Crippen molar-refractivity contribution in [1.82, 2.24) is 20.9 Å². The average molecular weight is 327 g/mol. The van der Waals surface area contributed by atoms with Crippen LogP contribution in [0.4, 0.5) is 4.79 Å². The standard InChI is InChI=1S/C15H29N5O3/c1-6-16-13(18-8-7-17-11(2)21)19-12-9-20(10-12)14(22)23-15(3,4)5/h12H,6-10H2,1-5H3,(H,17,21)(H2,16,18,19).